The minimum absolute atomic E-state index is 0.625. The molecule has 0 heterocycles. The standard InChI is InChI=1S/C16H23N3S/c1-3-4-5-6-7-8-14-9-11-15(12-10-14)19-16(20-2)18-13-17/h9-12H,3-8H2,1-2H3,(H,18,19). The van der Waals surface area contributed by atoms with Crippen molar-refractivity contribution in [1.29, 1.82) is 5.26 Å². The number of hydrogen-bond donors (Lipinski definition) is 1. The Morgan fingerprint density at radius 1 is 1.20 bits per heavy atom. The zero-order chi connectivity index (χ0) is 14.6. The van der Waals surface area contributed by atoms with Crippen molar-refractivity contribution in [3.63, 3.8) is 0 Å². The highest BCUT2D eigenvalue weighted by molar-refractivity contribution is 8.13. The molecule has 0 aliphatic heterocycles. The van der Waals surface area contributed by atoms with E-state index >= 15 is 0 Å². The van der Waals surface area contributed by atoms with Crippen LogP contribution < -0.4 is 5.32 Å². The number of unbranched alkanes of at least 4 members (excludes halogenated alkanes) is 4. The summed E-state index contributed by atoms with van der Waals surface area (Å²) in [6.07, 6.45) is 11.5. The number of thioether (sulfide) groups is 1. The maximum absolute atomic E-state index is 8.59. The summed E-state index contributed by atoms with van der Waals surface area (Å²) in [6.45, 7) is 2.24. The lowest BCUT2D eigenvalue weighted by atomic mass is 10.1. The topological polar surface area (TPSA) is 48.2 Å². The Morgan fingerprint density at radius 2 is 1.90 bits per heavy atom. The van der Waals surface area contributed by atoms with Crippen LogP contribution in [0.25, 0.3) is 0 Å². The molecule has 1 N–H and O–H groups in total. The van der Waals surface area contributed by atoms with Gasteiger partial charge in [0.2, 0.25) is 0 Å². The summed E-state index contributed by atoms with van der Waals surface area (Å²) < 4.78 is 0. The van der Waals surface area contributed by atoms with Crippen molar-refractivity contribution in [1.82, 2.24) is 5.32 Å². The fourth-order valence-electron chi connectivity index (χ4n) is 1.96. The van der Waals surface area contributed by atoms with Gasteiger partial charge in [-0.25, -0.2) is 4.99 Å². The second-order valence-electron chi connectivity index (χ2n) is 4.69. The van der Waals surface area contributed by atoms with Crippen LogP contribution in [0.15, 0.2) is 29.3 Å². The highest BCUT2D eigenvalue weighted by atomic mass is 32.2. The molecule has 0 fully saturated rings. The first-order chi connectivity index (χ1) is 9.80. The summed E-state index contributed by atoms with van der Waals surface area (Å²) in [5.41, 5.74) is 2.24. The largest absolute Gasteiger partial charge is 0.271 e. The Balaban J connectivity index is 2.46. The molecule has 0 saturated carbocycles. The molecule has 1 aromatic carbocycles. The van der Waals surface area contributed by atoms with Crippen molar-refractivity contribution < 1.29 is 0 Å². The molecule has 0 saturated heterocycles. The number of rotatable bonds is 7. The van der Waals surface area contributed by atoms with E-state index < -0.39 is 0 Å². The lowest BCUT2D eigenvalue weighted by Crippen LogP contribution is -2.12. The van der Waals surface area contributed by atoms with Crippen LogP contribution in [0.5, 0.6) is 0 Å². The first kappa shape index (κ1) is 16.6. The van der Waals surface area contributed by atoms with Crippen LogP contribution in [0.4, 0.5) is 5.69 Å². The summed E-state index contributed by atoms with van der Waals surface area (Å²) in [5, 5.41) is 11.8. The average molecular weight is 289 g/mol. The van der Waals surface area contributed by atoms with E-state index in [4.69, 9.17) is 5.26 Å². The fraction of sp³-hybridized carbons (Fsp3) is 0.500. The number of nitrogens with one attached hydrogen (secondary N) is 1. The number of aryl methyl sites for hydroxylation is 1. The molecule has 0 radical (unpaired) electrons. The molecule has 0 amide bonds. The number of hydrogen-bond acceptors (Lipinski definition) is 3. The van der Waals surface area contributed by atoms with Gasteiger partial charge in [0, 0.05) is 0 Å². The number of aliphatic imine (C=N–C) groups is 1. The fourth-order valence-corrected chi connectivity index (χ4v) is 2.30. The molecule has 0 unspecified atom stereocenters. The van der Waals surface area contributed by atoms with E-state index in [1.165, 1.54) is 49.4 Å². The highest BCUT2D eigenvalue weighted by Crippen LogP contribution is 2.16. The molecule has 0 aromatic heterocycles. The van der Waals surface area contributed by atoms with Gasteiger partial charge in [0.25, 0.3) is 0 Å². The highest BCUT2D eigenvalue weighted by Gasteiger charge is 1.98. The van der Waals surface area contributed by atoms with Crippen LogP contribution >= 0.6 is 11.8 Å². The minimum atomic E-state index is 0.625. The molecule has 1 rings (SSSR count). The summed E-state index contributed by atoms with van der Waals surface area (Å²) in [7, 11) is 0. The number of nitriles is 1. The van der Waals surface area contributed by atoms with E-state index in [1.807, 2.05) is 24.6 Å². The van der Waals surface area contributed by atoms with Gasteiger partial charge in [-0.2, -0.15) is 5.26 Å². The Bertz CT molecular complexity index is 446. The summed E-state index contributed by atoms with van der Waals surface area (Å²) in [6, 6.07) is 8.28. The van der Waals surface area contributed by atoms with Crippen molar-refractivity contribution in [2.24, 2.45) is 4.99 Å². The molecule has 0 atom stereocenters. The summed E-state index contributed by atoms with van der Waals surface area (Å²) >= 11 is 1.43. The monoisotopic (exact) mass is 289 g/mol. The molecule has 0 spiro atoms. The average Bonchev–Trinajstić information content (AvgIpc) is 2.48. The van der Waals surface area contributed by atoms with E-state index in [0.717, 1.165) is 12.1 Å². The number of nitrogens with zero attached hydrogens (tertiary/aromatic N) is 2. The Kier molecular flexibility index (Phi) is 8.57. The maximum atomic E-state index is 8.59. The van der Waals surface area contributed by atoms with Gasteiger partial charge in [-0.15, -0.1) is 0 Å². The Hall–Kier alpha value is -1.47. The molecular formula is C16H23N3S. The first-order valence-corrected chi connectivity index (χ1v) is 8.39. The van der Waals surface area contributed by atoms with Gasteiger partial charge in [-0.3, -0.25) is 5.32 Å². The Morgan fingerprint density at radius 3 is 2.50 bits per heavy atom. The van der Waals surface area contributed by atoms with E-state index in [9.17, 15) is 0 Å². The van der Waals surface area contributed by atoms with Gasteiger partial charge in [0.1, 0.15) is 0 Å². The molecule has 3 nitrogen and oxygen atoms in total. The normalized spacial score (nSPS) is 11.2. The van der Waals surface area contributed by atoms with Crippen LogP contribution in [-0.4, -0.2) is 11.4 Å². The van der Waals surface area contributed by atoms with Crippen molar-refractivity contribution >= 4 is 22.6 Å². The third kappa shape index (κ3) is 6.63. The van der Waals surface area contributed by atoms with E-state index in [2.05, 4.69) is 29.4 Å². The van der Waals surface area contributed by atoms with E-state index in [1.54, 1.807) is 0 Å². The van der Waals surface area contributed by atoms with Crippen molar-refractivity contribution in [2.75, 3.05) is 6.26 Å². The van der Waals surface area contributed by atoms with Crippen LogP contribution in [0.2, 0.25) is 0 Å². The molecule has 0 aliphatic rings. The maximum Gasteiger partial charge on any atom is 0.183 e. The van der Waals surface area contributed by atoms with Crippen molar-refractivity contribution in [3.8, 4) is 6.19 Å². The van der Waals surface area contributed by atoms with Gasteiger partial charge in [0.05, 0.1) is 5.69 Å². The second-order valence-corrected chi connectivity index (χ2v) is 5.48. The van der Waals surface area contributed by atoms with Crippen LogP contribution in [-0.2, 0) is 6.42 Å². The molecule has 1 aromatic rings. The zero-order valence-corrected chi connectivity index (χ0v) is 13.2. The summed E-state index contributed by atoms with van der Waals surface area (Å²) in [4.78, 5) is 4.37. The molecule has 0 aliphatic carbocycles. The second kappa shape index (κ2) is 10.3. The molecule has 108 valence electrons. The van der Waals surface area contributed by atoms with Gasteiger partial charge >= 0.3 is 0 Å². The van der Waals surface area contributed by atoms with Crippen LogP contribution in [0.3, 0.4) is 0 Å². The smallest absolute Gasteiger partial charge is 0.183 e. The van der Waals surface area contributed by atoms with Gasteiger partial charge in [0.15, 0.2) is 11.4 Å². The van der Waals surface area contributed by atoms with Gasteiger partial charge in [-0.05, 0) is 36.8 Å². The SMILES string of the molecule is CCCCCCCc1ccc(N=C(NC#N)SC)cc1. The Labute approximate surface area is 126 Å². The van der Waals surface area contributed by atoms with Gasteiger partial charge in [-0.1, -0.05) is 56.5 Å². The third-order valence-corrected chi connectivity index (χ3v) is 3.67. The van der Waals surface area contributed by atoms with Crippen molar-refractivity contribution in [2.45, 2.75) is 45.4 Å². The van der Waals surface area contributed by atoms with Crippen molar-refractivity contribution in [3.05, 3.63) is 29.8 Å². The predicted octanol–water partition coefficient (Wildman–Crippen LogP) is 4.62. The van der Waals surface area contributed by atoms with Gasteiger partial charge < -0.3 is 0 Å². The minimum Gasteiger partial charge on any atom is -0.271 e. The van der Waals surface area contributed by atoms with E-state index in [0.29, 0.717) is 5.17 Å². The summed E-state index contributed by atoms with van der Waals surface area (Å²) in [5.74, 6) is 0. The zero-order valence-electron chi connectivity index (χ0n) is 12.4. The van der Waals surface area contributed by atoms with Crippen LogP contribution in [0.1, 0.15) is 44.6 Å². The molecule has 4 heteroatoms. The first-order valence-electron chi connectivity index (χ1n) is 7.17. The third-order valence-electron chi connectivity index (χ3n) is 3.09. The molecule has 20 heavy (non-hydrogen) atoms. The molecule has 0 bridgehead atoms. The quantitative estimate of drug-likeness (QED) is 0.262. The number of benzene rings is 1. The van der Waals surface area contributed by atoms with E-state index in [-0.39, 0.29) is 0 Å². The van der Waals surface area contributed by atoms with Crippen LogP contribution in [0, 0.1) is 11.5 Å². The lowest BCUT2D eigenvalue weighted by Gasteiger charge is -2.03. The molecular weight excluding hydrogens is 266 g/mol. The lowest BCUT2D eigenvalue weighted by molar-refractivity contribution is 0.632. The number of amidine groups is 1. The predicted molar refractivity (Wildman–Crippen MR) is 88.3 cm³/mol.